The SMILES string of the molecule is Cc1cccc(Nc2nccc(-c3ccnc(C)c3)n2)c1.Cc1cccc(Nc2nccc(-c3ccnc(C)c3)n2)c1. The van der Waals surface area contributed by atoms with Gasteiger partial charge in [-0.3, -0.25) is 9.97 Å². The molecule has 0 radical (unpaired) electrons. The third-order valence-electron chi connectivity index (χ3n) is 6.24. The summed E-state index contributed by atoms with van der Waals surface area (Å²) >= 11 is 0. The minimum Gasteiger partial charge on any atom is -0.324 e. The van der Waals surface area contributed by atoms with Crippen LogP contribution in [0.1, 0.15) is 22.5 Å². The van der Waals surface area contributed by atoms with Gasteiger partial charge in [-0.2, -0.15) is 0 Å². The van der Waals surface area contributed by atoms with E-state index < -0.39 is 0 Å². The molecule has 42 heavy (non-hydrogen) atoms. The Hall–Kier alpha value is -5.50. The van der Waals surface area contributed by atoms with Crippen molar-refractivity contribution in [2.75, 3.05) is 10.6 Å². The molecule has 6 rings (SSSR count). The molecule has 2 N–H and O–H groups in total. The minimum atomic E-state index is 0.590. The van der Waals surface area contributed by atoms with Gasteiger partial charge in [0, 0.05) is 58.7 Å². The number of nitrogens with zero attached hydrogens (tertiary/aromatic N) is 6. The van der Waals surface area contributed by atoms with Crippen LogP contribution in [0.4, 0.5) is 23.3 Å². The highest BCUT2D eigenvalue weighted by atomic mass is 15.1. The van der Waals surface area contributed by atoms with Gasteiger partial charge in [0.2, 0.25) is 11.9 Å². The van der Waals surface area contributed by atoms with Crippen molar-refractivity contribution in [2.24, 2.45) is 0 Å². The van der Waals surface area contributed by atoms with E-state index in [0.717, 1.165) is 45.3 Å². The van der Waals surface area contributed by atoms with Gasteiger partial charge in [-0.1, -0.05) is 24.3 Å². The van der Waals surface area contributed by atoms with Crippen molar-refractivity contribution in [3.8, 4) is 22.5 Å². The summed E-state index contributed by atoms with van der Waals surface area (Å²) in [5.41, 5.74) is 10.1. The molecule has 0 spiro atoms. The van der Waals surface area contributed by atoms with Crippen LogP contribution in [-0.4, -0.2) is 29.9 Å². The lowest BCUT2D eigenvalue weighted by atomic mass is 10.1. The molecule has 6 aromatic rings. The zero-order valence-corrected chi connectivity index (χ0v) is 24.1. The van der Waals surface area contributed by atoms with E-state index in [-0.39, 0.29) is 0 Å². The highest BCUT2D eigenvalue weighted by molar-refractivity contribution is 5.63. The topological polar surface area (TPSA) is 101 Å². The molecule has 8 nitrogen and oxygen atoms in total. The molecular weight excluding hydrogens is 520 g/mol. The minimum absolute atomic E-state index is 0.590. The van der Waals surface area contributed by atoms with E-state index >= 15 is 0 Å². The fraction of sp³-hybridized carbons (Fsp3) is 0.118. The summed E-state index contributed by atoms with van der Waals surface area (Å²) in [6, 6.07) is 28.0. The van der Waals surface area contributed by atoms with Crippen molar-refractivity contribution in [1.82, 2.24) is 29.9 Å². The Morgan fingerprint density at radius 3 is 1.29 bits per heavy atom. The Kier molecular flexibility index (Phi) is 8.84. The molecule has 0 aliphatic heterocycles. The number of nitrogens with one attached hydrogen (secondary N) is 2. The largest absolute Gasteiger partial charge is 0.324 e. The van der Waals surface area contributed by atoms with Gasteiger partial charge < -0.3 is 10.6 Å². The fourth-order valence-corrected chi connectivity index (χ4v) is 4.27. The number of benzene rings is 2. The molecule has 0 saturated heterocycles. The molecule has 2 aromatic carbocycles. The van der Waals surface area contributed by atoms with Crippen molar-refractivity contribution >= 4 is 23.3 Å². The third-order valence-corrected chi connectivity index (χ3v) is 6.24. The number of hydrogen-bond acceptors (Lipinski definition) is 8. The zero-order chi connectivity index (χ0) is 29.3. The highest BCUT2D eigenvalue weighted by Crippen LogP contribution is 2.21. The molecule has 0 bridgehead atoms. The smallest absolute Gasteiger partial charge is 0.227 e. The van der Waals surface area contributed by atoms with Crippen LogP contribution in [-0.2, 0) is 0 Å². The van der Waals surface area contributed by atoms with Crippen LogP contribution in [0.5, 0.6) is 0 Å². The molecule has 8 heteroatoms. The van der Waals surface area contributed by atoms with Crippen molar-refractivity contribution in [2.45, 2.75) is 27.7 Å². The summed E-state index contributed by atoms with van der Waals surface area (Å²) < 4.78 is 0. The maximum absolute atomic E-state index is 4.56. The molecule has 0 aliphatic carbocycles. The fourth-order valence-electron chi connectivity index (χ4n) is 4.27. The normalized spacial score (nSPS) is 10.4. The molecule has 0 saturated carbocycles. The van der Waals surface area contributed by atoms with Gasteiger partial charge in [-0.05, 0) is 99.5 Å². The van der Waals surface area contributed by atoms with E-state index in [1.54, 1.807) is 24.8 Å². The van der Waals surface area contributed by atoms with Gasteiger partial charge in [0.1, 0.15) is 0 Å². The van der Waals surface area contributed by atoms with Gasteiger partial charge >= 0.3 is 0 Å². The molecule has 0 atom stereocenters. The van der Waals surface area contributed by atoms with Gasteiger partial charge in [-0.15, -0.1) is 0 Å². The number of anilines is 4. The second-order valence-corrected chi connectivity index (χ2v) is 9.89. The summed E-state index contributed by atoms with van der Waals surface area (Å²) in [4.78, 5) is 26.1. The predicted molar refractivity (Wildman–Crippen MR) is 169 cm³/mol. The van der Waals surface area contributed by atoms with Gasteiger partial charge in [-0.25, -0.2) is 19.9 Å². The highest BCUT2D eigenvalue weighted by Gasteiger charge is 2.05. The predicted octanol–water partition coefficient (Wildman–Crippen LogP) is 7.80. The standard InChI is InChI=1S/2C17H16N4/c2*1-12-4-3-5-15(10-12)20-17-19-9-7-16(21-17)14-6-8-18-13(2)11-14/h2*3-11H,1-2H3,(H,19,20,21). The molecule has 0 amide bonds. The Labute approximate surface area is 246 Å². The van der Waals surface area contributed by atoms with Crippen molar-refractivity contribution in [3.05, 3.63) is 132 Å². The lowest BCUT2D eigenvalue weighted by Crippen LogP contribution is -1.98. The lowest BCUT2D eigenvalue weighted by Gasteiger charge is -2.07. The van der Waals surface area contributed by atoms with Gasteiger partial charge in [0.05, 0.1) is 11.4 Å². The quantitative estimate of drug-likeness (QED) is 0.216. The maximum atomic E-state index is 4.56. The monoisotopic (exact) mass is 552 g/mol. The van der Waals surface area contributed by atoms with Crippen LogP contribution in [0, 0.1) is 27.7 Å². The second-order valence-electron chi connectivity index (χ2n) is 9.89. The van der Waals surface area contributed by atoms with Crippen molar-refractivity contribution in [1.29, 1.82) is 0 Å². The third kappa shape index (κ3) is 7.79. The van der Waals surface area contributed by atoms with E-state index in [2.05, 4.69) is 78.7 Å². The molecular formula is C34H32N8. The van der Waals surface area contributed by atoms with Crippen molar-refractivity contribution in [3.63, 3.8) is 0 Å². The first-order valence-electron chi connectivity index (χ1n) is 13.6. The Balaban J connectivity index is 0.000000168. The summed E-state index contributed by atoms with van der Waals surface area (Å²) in [6.07, 6.45) is 7.10. The molecule has 0 fully saturated rings. The van der Waals surface area contributed by atoms with Crippen LogP contribution in [0.2, 0.25) is 0 Å². The van der Waals surface area contributed by atoms with E-state index in [0.29, 0.717) is 11.9 Å². The Morgan fingerprint density at radius 1 is 0.452 bits per heavy atom. The average Bonchev–Trinajstić information content (AvgIpc) is 2.98. The number of rotatable bonds is 6. The molecule has 4 aromatic heterocycles. The van der Waals surface area contributed by atoms with Gasteiger partial charge in [0.15, 0.2) is 0 Å². The molecule has 4 heterocycles. The summed E-state index contributed by atoms with van der Waals surface area (Å²) in [7, 11) is 0. The average molecular weight is 553 g/mol. The van der Waals surface area contributed by atoms with E-state index in [4.69, 9.17) is 0 Å². The summed E-state index contributed by atoms with van der Waals surface area (Å²) in [5.74, 6) is 1.18. The van der Waals surface area contributed by atoms with Crippen LogP contribution >= 0.6 is 0 Å². The zero-order valence-electron chi connectivity index (χ0n) is 24.1. The lowest BCUT2D eigenvalue weighted by molar-refractivity contribution is 1.15. The molecule has 0 unspecified atom stereocenters. The van der Waals surface area contributed by atoms with E-state index in [1.807, 2.05) is 74.5 Å². The summed E-state index contributed by atoms with van der Waals surface area (Å²) in [5, 5.41) is 6.46. The molecule has 208 valence electrons. The Bertz CT molecular complexity index is 1670. The first kappa shape index (κ1) is 28.0. The number of hydrogen-bond donors (Lipinski definition) is 2. The summed E-state index contributed by atoms with van der Waals surface area (Å²) in [6.45, 7) is 8.05. The van der Waals surface area contributed by atoms with Crippen LogP contribution in [0.25, 0.3) is 22.5 Å². The number of aromatic nitrogens is 6. The molecule has 0 aliphatic rings. The number of aryl methyl sites for hydroxylation is 4. The van der Waals surface area contributed by atoms with E-state index in [9.17, 15) is 0 Å². The van der Waals surface area contributed by atoms with Crippen LogP contribution in [0.3, 0.4) is 0 Å². The van der Waals surface area contributed by atoms with E-state index in [1.165, 1.54) is 11.1 Å². The number of pyridine rings is 2. The maximum Gasteiger partial charge on any atom is 0.227 e. The van der Waals surface area contributed by atoms with Gasteiger partial charge in [0.25, 0.3) is 0 Å². The van der Waals surface area contributed by atoms with Crippen LogP contribution in [0.15, 0.2) is 110 Å². The first-order valence-corrected chi connectivity index (χ1v) is 13.6. The Morgan fingerprint density at radius 2 is 0.881 bits per heavy atom. The second kappa shape index (κ2) is 13.2. The van der Waals surface area contributed by atoms with Crippen LogP contribution < -0.4 is 10.6 Å². The first-order chi connectivity index (χ1) is 20.4. The van der Waals surface area contributed by atoms with Crippen molar-refractivity contribution < 1.29 is 0 Å².